The van der Waals surface area contributed by atoms with Crippen LogP contribution >= 0.6 is 0 Å². The molecule has 1 aromatic carbocycles. The third kappa shape index (κ3) is 5.97. The van der Waals surface area contributed by atoms with E-state index in [-0.39, 0.29) is 0 Å². The lowest BCUT2D eigenvalue weighted by molar-refractivity contribution is -0.138. The number of hydrogen-bond donors (Lipinski definition) is 0. The first kappa shape index (κ1) is 19.7. The van der Waals surface area contributed by atoms with Gasteiger partial charge in [-0.25, -0.2) is 13.2 Å². The van der Waals surface area contributed by atoms with Gasteiger partial charge in [0, 0.05) is 19.2 Å². The fourth-order valence-electron chi connectivity index (χ4n) is 2.64. The molecule has 0 saturated carbocycles. The molecule has 0 atom stereocenters. The summed E-state index contributed by atoms with van der Waals surface area (Å²) >= 11 is 0. The van der Waals surface area contributed by atoms with Crippen LogP contribution in [0.3, 0.4) is 0 Å². The minimum Gasteiger partial charge on any atom is -0.462 e. The molecule has 1 aliphatic rings. The van der Waals surface area contributed by atoms with Crippen molar-refractivity contribution in [2.75, 3.05) is 19.7 Å². The van der Waals surface area contributed by atoms with Gasteiger partial charge in [0.05, 0.1) is 11.5 Å². The first-order valence-corrected chi connectivity index (χ1v) is 10.3. The summed E-state index contributed by atoms with van der Waals surface area (Å²) in [6, 6.07) is 6.60. The summed E-state index contributed by atoms with van der Waals surface area (Å²) in [6.07, 6.45) is 6.99. The molecular weight excluding hydrogens is 338 g/mol. The molecule has 0 N–H and O–H groups in total. The second-order valence-electron chi connectivity index (χ2n) is 6.74. The predicted octanol–water partition coefficient (Wildman–Crippen LogP) is 3.46. The quantitative estimate of drug-likeness (QED) is 0.572. The minimum atomic E-state index is -3.43. The van der Waals surface area contributed by atoms with Gasteiger partial charge in [-0.2, -0.15) is 4.31 Å². The van der Waals surface area contributed by atoms with Gasteiger partial charge in [-0.3, -0.25) is 0 Å². The Morgan fingerprint density at radius 1 is 1.12 bits per heavy atom. The number of carbonyl (C=O) groups excluding carboxylic acids is 1. The van der Waals surface area contributed by atoms with Crippen molar-refractivity contribution in [3.05, 3.63) is 35.9 Å². The summed E-state index contributed by atoms with van der Waals surface area (Å²) in [7, 11) is -3.43. The highest BCUT2D eigenvalue weighted by Gasteiger charge is 2.24. The van der Waals surface area contributed by atoms with Gasteiger partial charge in [0.25, 0.3) is 0 Å². The second kappa shape index (κ2) is 9.15. The molecule has 1 heterocycles. The van der Waals surface area contributed by atoms with Gasteiger partial charge >= 0.3 is 5.97 Å². The lowest BCUT2D eigenvalue weighted by atomic mass is 10.2. The van der Waals surface area contributed by atoms with Crippen LogP contribution in [0.4, 0.5) is 0 Å². The molecule has 138 valence electrons. The number of sulfonamides is 1. The Kier molecular flexibility index (Phi) is 7.20. The maximum absolute atomic E-state index is 12.7. The van der Waals surface area contributed by atoms with E-state index in [0.717, 1.165) is 31.2 Å². The van der Waals surface area contributed by atoms with E-state index < -0.39 is 16.0 Å². The summed E-state index contributed by atoms with van der Waals surface area (Å²) in [6.45, 7) is 5.51. The Labute approximate surface area is 150 Å². The first-order chi connectivity index (χ1) is 11.9. The van der Waals surface area contributed by atoms with Crippen LogP contribution in [0.1, 0.15) is 45.1 Å². The molecular formula is C19H27NO4S. The number of benzene rings is 1. The zero-order valence-corrected chi connectivity index (χ0v) is 15.8. The van der Waals surface area contributed by atoms with Crippen LogP contribution in [0.25, 0.3) is 6.08 Å². The van der Waals surface area contributed by atoms with Crippen LogP contribution in [0.15, 0.2) is 35.2 Å². The van der Waals surface area contributed by atoms with E-state index in [4.69, 9.17) is 4.74 Å². The molecule has 0 radical (unpaired) electrons. The monoisotopic (exact) mass is 365 g/mol. The van der Waals surface area contributed by atoms with Crippen LogP contribution in [0, 0.1) is 5.92 Å². The summed E-state index contributed by atoms with van der Waals surface area (Å²) in [5.41, 5.74) is 0.760. The van der Waals surface area contributed by atoms with E-state index >= 15 is 0 Å². The van der Waals surface area contributed by atoms with E-state index in [9.17, 15) is 13.2 Å². The Morgan fingerprint density at radius 2 is 1.72 bits per heavy atom. The highest BCUT2D eigenvalue weighted by atomic mass is 32.2. The molecule has 0 amide bonds. The zero-order chi connectivity index (χ0) is 18.3. The van der Waals surface area contributed by atoms with Crippen LogP contribution in [-0.4, -0.2) is 38.4 Å². The van der Waals surface area contributed by atoms with Crippen LogP contribution in [0.5, 0.6) is 0 Å². The molecule has 1 aromatic rings. The molecule has 0 aliphatic carbocycles. The van der Waals surface area contributed by atoms with E-state index in [1.165, 1.54) is 6.08 Å². The van der Waals surface area contributed by atoms with Crippen molar-refractivity contribution in [3.8, 4) is 0 Å². The standard InChI is InChI=1S/C19H27NO4S/c1-16(2)15-24-19(21)12-9-17-7-10-18(11-8-17)25(22,23)20-13-5-3-4-6-14-20/h7-12,16H,3-6,13-15H2,1-2H3/b12-9+. The van der Waals surface area contributed by atoms with Gasteiger partial charge in [0.15, 0.2) is 0 Å². The molecule has 6 heteroatoms. The van der Waals surface area contributed by atoms with Crippen molar-refractivity contribution in [2.45, 2.75) is 44.4 Å². The summed E-state index contributed by atoms with van der Waals surface area (Å²) in [4.78, 5) is 11.9. The number of hydrogen-bond acceptors (Lipinski definition) is 4. The minimum absolute atomic E-state index is 0.292. The Bertz CT molecular complexity index is 685. The Hall–Kier alpha value is -1.66. The molecule has 25 heavy (non-hydrogen) atoms. The number of rotatable bonds is 6. The molecule has 2 rings (SSSR count). The topological polar surface area (TPSA) is 63.7 Å². The SMILES string of the molecule is CC(C)COC(=O)/C=C/c1ccc(S(=O)(=O)N2CCCCCC2)cc1. The largest absolute Gasteiger partial charge is 0.462 e. The smallest absolute Gasteiger partial charge is 0.330 e. The van der Waals surface area contributed by atoms with E-state index in [2.05, 4.69) is 0 Å². The van der Waals surface area contributed by atoms with Gasteiger partial charge in [-0.05, 0) is 42.5 Å². The third-order valence-electron chi connectivity index (χ3n) is 4.05. The van der Waals surface area contributed by atoms with E-state index in [1.807, 2.05) is 13.8 Å². The molecule has 0 bridgehead atoms. The number of esters is 1. The molecule has 0 unspecified atom stereocenters. The molecule has 0 aromatic heterocycles. The fraction of sp³-hybridized carbons (Fsp3) is 0.526. The van der Waals surface area contributed by atoms with Crippen molar-refractivity contribution in [2.24, 2.45) is 5.92 Å². The predicted molar refractivity (Wildman–Crippen MR) is 98.5 cm³/mol. The molecule has 1 aliphatic heterocycles. The highest BCUT2D eigenvalue weighted by molar-refractivity contribution is 7.89. The van der Waals surface area contributed by atoms with Crippen LogP contribution in [-0.2, 0) is 19.6 Å². The number of ether oxygens (including phenoxy) is 1. The molecule has 0 spiro atoms. The van der Waals surface area contributed by atoms with Crippen LogP contribution < -0.4 is 0 Å². The van der Waals surface area contributed by atoms with Gasteiger partial charge in [0.2, 0.25) is 10.0 Å². The number of nitrogens with zero attached hydrogens (tertiary/aromatic N) is 1. The molecule has 1 fully saturated rings. The third-order valence-corrected chi connectivity index (χ3v) is 5.97. The zero-order valence-electron chi connectivity index (χ0n) is 15.0. The molecule has 5 nitrogen and oxygen atoms in total. The van der Waals surface area contributed by atoms with Gasteiger partial charge in [-0.15, -0.1) is 0 Å². The van der Waals surface area contributed by atoms with Gasteiger partial charge < -0.3 is 4.74 Å². The Balaban J connectivity index is 2.02. The fourth-order valence-corrected chi connectivity index (χ4v) is 4.16. The first-order valence-electron chi connectivity index (χ1n) is 8.84. The summed E-state index contributed by atoms with van der Waals surface area (Å²) < 4.78 is 32.0. The van der Waals surface area contributed by atoms with Crippen molar-refractivity contribution in [1.82, 2.24) is 4.31 Å². The van der Waals surface area contributed by atoms with Crippen molar-refractivity contribution < 1.29 is 17.9 Å². The lowest BCUT2D eigenvalue weighted by Gasteiger charge is -2.19. The van der Waals surface area contributed by atoms with E-state index in [0.29, 0.717) is 30.5 Å². The maximum Gasteiger partial charge on any atom is 0.330 e. The Morgan fingerprint density at radius 3 is 2.28 bits per heavy atom. The lowest BCUT2D eigenvalue weighted by Crippen LogP contribution is -2.31. The maximum atomic E-state index is 12.7. The average molecular weight is 365 g/mol. The second-order valence-corrected chi connectivity index (χ2v) is 8.68. The van der Waals surface area contributed by atoms with E-state index in [1.54, 1.807) is 34.6 Å². The number of carbonyl (C=O) groups is 1. The van der Waals surface area contributed by atoms with Crippen LogP contribution in [0.2, 0.25) is 0 Å². The van der Waals surface area contributed by atoms with Crippen molar-refractivity contribution in [3.63, 3.8) is 0 Å². The van der Waals surface area contributed by atoms with Gasteiger partial charge in [0.1, 0.15) is 0 Å². The normalized spacial score (nSPS) is 16.9. The average Bonchev–Trinajstić information content (AvgIpc) is 2.88. The summed E-state index contributed by atoms with van der Waals surface area (Å²) in [5.74, 6) is -0.101. The van der Waals surface area contributed by atoms with Crippen molar-refractivity contribution in [1.29, 1.82) is 0 Å². The van der Waals surface area contributed by atoms with Crippen molar-refractivity contribution >= 4 is 22.1 Å². The highest BCUT2D eigenvalue weighted by Crippen LogP contribution is 2.21. The molecule has 1 saturated heterocycles. The van der Waals surface area contributed by atoms with Gasteiger partial charge in [-0.1, -0.05) is 38.8 Å². The summed E-state index contributed by atoms with van der Waals surface area (Å²) in [5, 5.41) is 0.